The second kappa shape index (κ2) is 7.69. The Morgan fingerprint density at radius 2 is 1.81 bits per heavy atom. The first-order valence-corrected chi connectivity index (χ1v) is 8.61. The maximum absolute atomic E-state index is 13.0. The first-order valence-electron chi connectivity index (χ1n) is 8.61. The molecular weight excluding hydrogens is 342 g/mol. The average molecular weight is 363 g/mol. The van der Waals surface area contributed by atoms with E-state index in [-0.39, 0.29) is 17.2 Å². The number of rotatable bonds is 4. The number of carboxylic acids is 1. The summed E-state index contributed by atoms with van der Waals surface area (Å²) in [5.41, 5.74) is 0.513. The highest BCUT2D eigenvalue weighted by atomic mass is 16.6. The molecule has 3 rings (SSSR count). The van der Waals surface area contributed by atoms with E-state index in [1.165, 1.54) is 12.1 Å². The molecule has 1 aromatic carbocycles. The summed E-state index contributed by atoms with van der Waals surface area (Å²) < 4.78 is 5.31. The molecule has 140 valence electrons. The minimum absolute atomic E-state index is 0.0989. The normalized spacial score (nSPS) is 18.6. The standard InChI is InChI=1S/C17H21N3O6/c21-16(19-6-4-12(5-7-19)17(22)23)13-2-1-3-14(20(24)25)15(13)18-8-10-26-11-9-18/h1-3,12H,4-11H2,(H,22,23). The number of ether oxygens (including phenoxy) is 1. The summed E-state index contributed by atoms with van der Waals surface area (Å²) in [4.78, 5) is 38.5. The first-order chi connectivity index (χ1) is 12.5. The Labute approximate surface area is 150 Å². The minimum Gasteiger partial charge on any atom is -0.481 e. The number of hydrogen-bond donors (Lipinski definition) is 1. The molecule has 0 saturated carbocycles. The van der Waals surface area contributed by atoms with E-state index in [4.69, 9.17) is 9.84 Å². The van der Waals surface area contributed by atoms with Crippen molar-refractivity contribution in [3.8, 4) is 0 Å². The Balaban J connectivity index is 1.89. The molecule has 26 heavy (non-hydrogen) atoms. The predicted octanol–water partition coefficient (Wildman–Crippen LogP) is 1.37. The lowest BCUT2D eigenvalue weighted by Gasteiger charge is -2.33. The molecule has 0 aromatic heterocycles. The van der Waals surface area contributed by atoms with Gasteiger partial charge in [0.2, 0.25) is 0 Å². The first kappa shape index (κ1) is 18.1. The molecule has 0 bridgehead atoms. The predicted molar refractivity (Wildman–Crippen MR) is 92.4 cm³/mol. The van der Waals surface area contributed by atoms with Crippen LogP contribution in [-0.4, -0.2) is 66.2 Å². The van der Waals surface area contributed by atoms with Crippen molar-refractivity contribution in [3.63, 3.8) is 0 Å². The maximum Gasteiger partial charge on any atom is 0.306 e. The third-order valence-corrected chi connectivity index (χ3v) is 4.90. The molecule has 0 spiro atoms. The molecule has 1 amide bonds. The monoisotopic (exact) mass is 363 g/mol. The van der Waals surface area contributed by atoms with E-state index >= 15 is 0 Å². The van der Waals surface area contributed by atoms with Gasteiger partial charge >= 0.3 is 5.97 Å². The summed E-state index contributed by atoms with van der Waals surface area (Å²) in [7, 11) is 0. The number of anilines is 1. The molecule has 0 unspecified atom stereocenters. The van der Waals surface area contributed by atoms with Crippen molar-refractivity contribution >= 4 is 23.3 Å². The second-order valence-corrected chi connectivity index (χ2v) is 6.43. The lowest BCUT2D eigenvalue weighted by atomic mass is 9.96. The number of nitro groups is 1. The van der Waals surface area contributed by atoms with Crippen molar-refractivity contribution in [3.05, 3.63) is 33.9 Å². The summed E-state index contributed by atoms with van der Waals surface area (Å²) in [5.74, 6) is -1.58. The fraction of sp³-hybridized carbons (Fsp3) is 0.529. The number of piperidine rings is 1. The van der Waals surface area contributed by atoms with Crippen molar-refractivity contribution < 1.29 is 24.4 Å². The van der Waals surface area contributed by atoms with E-state index in [9.17, 15) is 19.7 Å². The van der Waals surface area contributed by atoms with E-state index in [0.717, 1.165) is 0 Å². The number of carbonyl (C=O) groups excluding carboxylic acids is 1. The third kappa shape index (κ3) is 3.62. The number of likely N-dealkylation sites (tertiary alicyclic amines) is 1. The van der Waals surface area contributed by atoms with Crippen LogP contribution in [0, 0.1) is 16.0 Å². The van der Waals surface area contributed by atoms with Crippen LogP contribution >= 0.6 is 0 Å². The quantitative estimate of drug-likeness (QED) is 0.635. The van der Waals surface area contributed by atoms with Crippen LogP contribution in [0.25, 0.3) is 0 Å². The van der Waals surface area contributed by atoms with Crippen molar-refractivity contribution in [2.24, 2.45) is 5.92 Å². The largest absolute Gasteiger partial charge is 0.481 e. The lowest BCUT2D eigenvalue weighted by molar-refractivity contribution is -0.384. The molecule has 0 aliphatic carbocycles. The molecule has 9 nitrogen and oxygen atoms in total. The maximum atomic E-state index is 13.0. The van der Waals surface area contributed by atoms with Gasteiger partial charge in [-0.05, 0) is 18.9 Å². The van der Waals surface area contributed by atoms with Crippen molar-refractivity contribution in [2.45, 2.75) is 12.8 Å². The number of carbonyl (C=O) groups is 2. The molecule has 2 fully saturated rings. The van der Waals surface area contributed by atoms with E-state index in [1.54, 1.807) is 11.0 Å². The van der Waals surface area contributed by atoms with Gasteiger partial charge in [-0.15, -0.1) is 0 Å². The molecular formula is C17H21N3O6. The van der Waals surface area contributed by atoms with E-state index in [2.05, 4.69) is 0 Å². The SMILES string of the molecule is O=C(O)C1CCN(C(=O)c2cccc([N+](=O)[O-])c2N2CCOCC2)CC1. The fourth-order valence-corrected chi connectivity index (χ4v) is 3.47. The van der Waals surface area contributed by atoms with Crippen LogP contribution in [0.5, 0.6) is 0 Å². The topological polar surface area (TPSA) is 113 Å². The number of hydrogen-bond acceptors (Lipinski definition) is 6. The summed E-state index contributed by atoms with van der Waals surface area (Å²) >= 11 is 0. The van der Waals surface area contributed by atoms with Crippen LogP contribution in [0.2, 0.25) is 0 Å². The van der Waals surface area contributed by atoms with Gasteiger partial charge in [-0.25, -0.2) is 0 Å². The smallest absolute Gasteiger partial charge is 0.306 e. The zero-order valence-corrected chi connectivity index (χ0v) is 14.3. The Hall–Kier alpha value is -2.68. The molecule has 0 atom stereocenters. The van der Waals surface area contributed by atoms with Crippen LogP contribution in [0.4, 0.5) is 11.4 Å². The minimum atomic E-state index is -0.846. The van der Waals surface area contributed by atoms with Gasteiger partial charge < -0.3 is 19.6 Å². The number of morpholine rings is 1. The fourth-order valence-electron chi connectivity index (χ4n) is 3.47. The van der Waals surface area contributed by atoms with Gasteiger partial charge in [0.1, 0.15) is 5.69 Å². The van der Waals surface area contributed by atoms with Gasteiger partial charge in [-0.3, -0.25) is 19.7 Å². The van der Waals surface area contributed by atoms with Gasteiger partial charge in [0.15, 0.2) is 0 Å². The highest BCUT2D eigenvalue weighted by Crippen LogP contribution is 2.34. The van der Waals surface area contributed by atoms with Crippen LogP contribution in [0.3, 0.4) is 0 Å². The van der Waals surface area contributed by atoms with Crippen LogP contribution in [0.1, 0.15) is 23.2 Å². The van der Waals surface area contributed by atoms with Gasteiger partial charge in [-0.2, -0.15) is 0 Å². The summed E-state index contributed by atoms with van der Waals surface area (Å²) in [5, 5.41) is 20.6. The van der Waals surface area contributed by atoms with Crippen LogP contribution in [-0.2, 0) is 9.53 Å². The summed E-state index contributed by atoms with van der Waals surface area (Å²) in [6, 6.07) is 4.51. The average Bonchev–Trinajstić information content (AvgIpc) is 2.67. The molecule has 2 heterocycles. The number of amides is 1. The third-order valence-electron chi connectivity index (χ3n) is 4.90. The van der Waals surface area contributed by atoms with Gasteiger partial charge in [-0.1, -0.05) is 6.07 Å². The summed E-state index contributed by atoms with van der Waals surface area (Å²) in [6.45, 7) is 2.52. The Morgan fingerprint density at radius 1 is 1.15 bits per heavy atom. The van der Waals surface area contributed by atoms with E-state index < -0.39 is 16.8 Å². The number of benzene rings is 1. The van der Waals surface area contributed by atoms with Crippen molar-refractivity contribution in [2.75, 3.05) is 44.3 Å². The lowest BCUT2D eigenvalue weighted by Crippen LogP contribution is -2.42. The Morgan fingerprint density at radius 3 is 2.38 bits per heavy atom. The molecule has 2 aliphatic heterocycles. The Kier molecular flexibility index (Phi) is 5.36. The number of nitrogens with zero attached hydrogens (tertiary/aromatic N) is 3. The zero-order valence-electron chi connectivity index (χ0n) is 14.3. The van der Waals surface area contributed by atoms with E-state index in [0.29, 0.717) is 57.9 Å². The zero-order chi connectivity index (χ0) is 18.7. The molecule has 9 heteroatoms. The van der Waals surface area contributed by atoms with Gasteiger partial charge in [0.25, 0.3) is 11.6 Å². The Bertz CT molecular complexity index is 708. The van der Waals surface area contributed by atoms with Crippen LogP contribution in [0.15, 0.2) is 18.2 Å². The van der Waals surface area contributed by atoms with Crippen LogP contribution < -0.4 is 4.90 Å². The molecule has 2 aliphatic rings. The second-order valence-electron chi connectivity index (χ2n) is 6.43. The van der Waals surface area contributed by atoms with Crippen molar-refractivity contribution in [1.82, 2.24) is 4.90 Å². The van der Waals surface area contributed by atoms with Gasteiger partial charge in [0, 0.05) is 32.2 Å². The highest BCUT2D eigenvalue weighted by molar-refractivity contribution is 6.02. The van der Waals surface area contributed by atoms with Crippen molar-refractivity contribution in [1.29, 1.82) is 0 Å². The number of nitro benzene ring substituents is 1. The number of aliphatic carboxylic acids is 1. The molecule has 1 aromatic rings. The van der Waals surface area contributed by atoms with E-state index in [1.807, 2.05) is 4.90 Å². The number of carboxylic acid groups (broad SMARTS) is 1. The molecule has 2 saturated heterocycles. The summed E-state index contributed by atoms with van der Waals surface area (Å²) in [6.07, 6.45) is 0.784. The highest BCUT2D eigenvalue weighted by Gasteiger charge is 2.32. The van der Waals surface area contributed by atoms with Gasteiger partial charge in [0.05, 0.1) is 29.6 Å². The number of para-hydroxylation sites is 1. The molecule has 0 radical (unpaired) electrons. The molecule has 1 N–H and O–H groups in total.